The molecule has 0 saturated heterocycles. The molecule has 0 fully saturated rings. The highest BCUT2D eigenvalue weighted by atomic mass is 15.1. The summed E-state index contributed by atoms with van der Waals surface area (Å²) >= 11 is 0. The number of nitrogens with zero attached hydrogens (tertiary/aromatic N) is 1. The van der Waals surface area contributed by atoms with Gasteiger partial charge >= 0.3 is 0 Å². The van der Waals surface area contributed by atoms with Crippen molar-refractivity contribution in [1.82, 2.24) is 15.2 Å². The van der Waals surface area contributed by atoms with Crippen LogP contribution in [-0.4, -0.2) is 15.2 Å². The van der Waals surface area contributed by atoms with Crippen molar-refractivity contribution in [3.05, 3.63) is 30.6 Å². The van der Waals surface area contributed by atoms with E-state index in [0.717, 1.165) is 11.0 Å². The molecule has 3 nitrogen and oxygen atoms in total. The monoisotopic (exact) mass is 173 g/mol. The predicted molar refractivity (Wildman–Crippen MR) is 54.7 cm³/mol. The van der Waals surface area contributed by atoms with Crippen molar-refractivity contribution in [3.63, 3.8) is 0 Å². The Balaban J connectivity index is 0.000000653. The smallest absolute Gasteiger partial charge is 0.0710 e. The fourth-order valence-corrected chi connectivity index (χ4v) is 1.48. The van der Waals surface area contributed by atoms with E-state index in [9.17, 15) is 0 Å². The minimum atomic E-state index is 0. The molecule has 0 amide bonds. The summed E-state index contributed by atoms with van der Waals surface area (Å²) in [5.74, 6) is 0. The SMILES string of the molecule is C.c1cc2cc3[nH][nH]cc3cc2n1. The van der Waals surface area contributed by atoms with E-state index in [1.54, 1.807) is 0 Å². The highest BCUT2D eigenvalue weighted by molar-refractivity contribution is 5.94. The van der Waals surface area contributed by atoms with Gasteiger partial charge in [-0.3, -0.25) is 4.98 Å². The fraction of sp³-hybridized carbons (Fsp3) is 0.100. The average Bonchev–Trinajstić information content (AvgIpc) is 2.64. The summed E-state index contributed by atoms with van der Waals surface area (Å²) in [5, 5.41) is 8.35. The molecule has 13 heavy (non-hydrogen) atoms. The van der Waals surface area contributed by atoms with E-state index >= 15 is 0 Å². The Morgan fingerprint density at radius 3 is 3.00 bits per heavy atom. The Bertz CT molecular complexity index is 442. The molecule has 0 bridgehead atoms. The number of nitrogens with one attached hydrogen (secondary N) is 2. The molecular formula is C10H11N3. The predicted octanol–water partition coefficient (Wildman–Crippen LogP) is 2.68. The van der Waals surface area contributed by atoms with Gasteiger partial charge in [-0.2, -0.15) is 0 Å². The Morgan fingerprint density at radius 2 is 2.08 bits per heavy atom. The number of hydrogen-bond donors (Lipinski definition) is 2. The van der Waals surface area contributed by atoms with Crippen LogP contribution >= 0.6 is 0 Å². The standard InChI is InChI=1S/C9H7N3.CH4/c1-2-10-8-4-7-5-11-12-9(7)3-6(1)8;/h1-5,11-12H;1H4. The van der Waals surface area contributed by atoms with Crippen molar-refractivity contribution >= 4 is 21.8 Å². The molecule has 3 heteroatoms. The Morgan fingerprint density at radius 1 is 1.15 bits per heavy atom. The molecule has 0 radical (unpaired) electrons. The highest BCUT2D eigenvalue weighted by Crippen LogP contribution is 2.19. The van der Waals surface area contributed by atoms with Crippen molar-refractivity contribution in [2.75, 3.05) is 0 Å². The molecule has 0 saturated carbocycles. The second kappa shape index (κ2) is 2.62. The summed E-state index contributed by atoms with van der Waals surface area (Å²) in [7, 11) is 0. The van der Waals surface area contributed by atoms with Gasteiger partial charge in [0.05, 0.1) is 11.0 Å². The van der Waals surface area contributed by atoms with Gasteiger partial charge < -0.3 is 10.2 Å². The number of H-pyrrole nitrogens is 2. The van der Waals surface area contributed by atoms with Crippen molar-refractivity contribution < 1.29 is 0 Å². The normalized spacial score (nSPS) is 10.5. The van der Waals surface area contributed by atoms with Gasteiger partial charge in [-0.25, -0.2) is 0 Å². The number of rotatable bonds is 0. The van der Waals surface area contributed by atoms with E-state index in [0.29, 0.717) is 0 Å². The van der Waals surface area contributed by atoms with Crippen LogP contribution in [0.25, 0.3) is 21.8 Å². The molecule has 2 aromatic heterocycles. The third-order valence-corrected chi connectivity index (χ3v) is 2.10. The van der Waals surface area contributed by atoms with Gasteiger partial charge in [-0.05, 0) is 18.2 Å². The molecule has 3 aromatic rings. The molecule has 0 unspecified atom stereocenters. The lowest BCUT2D eigenvalue weighted by molar-refractivity contribution is 1.12. The van der Waals surface area contributed by atoms with Crippen LogP contribution in [0.4, 0.5) is 0 Å². The molecule has 66 valence electrons. The molecule has 1 aromatic carbocycles. The summed E-state index contributed by atoms with van der Waals surface area (Å²) in [6.45, 7) is 0. The molecule has 0 aliphatic rings. The average molecular weight is 173 g/mol. The lowest BCUT2D eigenvalue weighted by Gasteiger charge is -1.88. The molecule has 2 heterocycles. The maximum Gasteiger partial charge on any atom is 0.0710 e. The zero-order chi connectivity index (χ0) is 7.97. The summed E-state index contributed by atoms with van der Waals surface area (Å²) < 4.78 is 0. The van der Waals surface area contributed by atoms with Gasteiger partial charge in [-0.1, -0.05) is 7.43 Å². The van der Waals surface area contributed by atoms with E-state index in [1.807, 2.05) is 18.5 Å². The van der Waals surface area contributed by atoms with Crippen molar-refractivity contribution in [2.24, 2.45) is 0 Å². The molecule has 0 atom stereocenters. The van der Waals surface area contributed by atoms with E-state index in [-0.39, 0.29) is 7.43 Å². The maximum atomic E-state index is 4.22. The maximum absolute atomic E-state index is 4.22. The first-order chi connectivity index (χ1) is 5.93. The van der Waals surface area contributed by atoms with Crippen LogP contribution in [-0.2, 0) is 0 Å². The number of hydrogen-bond acceptors (Lipinski definition) is 1. The van der Waals surface area contributed by atoms with Gasteiger partial charge in [0.2, 0.25) is 0 Å². The molecule has 0 aliphatic heterocycles. The van der Waals surface area contributed by atoms with E-state index in [1.165, 1.54) is 10.8 Å². The zero-order valence-corrected chi connectivity index (χ0v) is 6.33. The summed E-state index contributed by atoms with van der Waals surface area (Å²) in [4.78, 5) is 4.22. The summed E-state index contributed by atoms with van der Waals surface area (Å²) in [5.41, 5.74) is 2.17. The summed E-state index contributed by atoms with van der Waals surface area (Å²) in [6.07, 6.45) is 3.76. The van der Waals surface area contributed by atoms with Crippen LogP contribution in [0.5, 0.6) is 0 Å². The highest BCUT2D eigenvalue weighted by Gasteiger charge is 1.98. The fourth-order valence-electron chi connectivity index (χ4n) is 1.48. The number of aromatic nitrogens is 3. The van der Waals surface area contributed by atoms with Crippen LogP contribution in [0.15, 0.2) is 30.6 Å². The number of benzene rings is 1. The van der Waals surface area contributed by atoms with Gasteiger partial charge in [0.1, 0.15) is 0 Å². The largest absolute Gasteiger partial charge is 0.307 e. The first-order valence-corrected chi connectivity index (χ1v) is 3.84. The minimum absolute atomic E-state index is 0. The Hall–Kier alpha value is -1.77. The van der Waals surface area contributed by atoms with Crippen molar-refractivity contribution in [1.29, 1.82) is 0 Å². The first kappa shape index (κ1) is 7.86. The second-order valence-electron chi connectivity index (χ2n) is 2.86. The molecule has 0 aliphatic carbocycles. The van der Waals surface area contributed by atoms with E-state index < -0.39 is 0 Å². The van der Waals surface area contributed by atoms with E-state index in [4.69, 9.17) is 0 Å². The lowest BCUT2D eigenvalue weighted by Crippen LogP contribution is -1.69. The molecule has 2 N–H and O–H groups in total. The third kappa shape index (κ3) is 1.01. The van der Waals surface area contributed by atoms with Crippen LogP contribution in [0, 0.1) is 0 Å². The van der Waals surface area contributed by atoms with Gasteiger partial charge in [0, 0.05) is 23.2 Å². The Labute approximate surface area is 75.8 Å². The Kier molecular flexibility index (Phi) is 1.59. The van der Waals surface area contributed by atoms with Crippen LogP contribution < -0.4 is 0 Å². The van der Waals surface area contributed by atoms with Crippen molar-refractivity contribution in [2.45, 2.75) is 7.43 Å². The van der Waals surface area contributed by atoms with E-state index in [2.05, 4.69) is 27.3 Å². The topological polar surface area (TPSA) is 44.5 Å². The number of fused-ring (bicyclic) bond motifs is 2. The first-order valence-electron chi connectivity index (χ1n) is 3.84. The summed E-state index contributed by atoms with van der Waals surface area (Å²) in [6, 6.07) is 6.17. The quantitative estimate of drug-likeness (QED) is 0.539. The van der Waals surface area contributed by atoms with Gasteiger partial charge in [0.25, 0.3) is 0 Å². The van der Waals surface area contributed by atoms with Crippen LogP contribution in [0.3, 0.4) is 0 Å². The van der Waals surface area contributed by atoms with Gasteiger partial charge in [0.15, 0.2) is 0 Å². The second-order valence-corrected chi connectivity index (χ2v) is 2.86. The van der Waals surface area contributed by atoms with Crippen LogP contribution in [0.1, 0.15) is 7.43 Å². The third-order valence-electron chi connectivity index (χ3n) is 2.10. The van der Waals surface area contributed by atoms with Crippen molar-refractivity contribution in [3.8, 4) is 0 Å². The minimum Gasteiger partial charge on any atom is -0.307 e. The van der Waals surface area contributed by atoms with Crippen LogP contribution in [0.2, 0.25) is 0 Å². The van der Waals surface area contributed by atoms with Gasteiger partial charge in [-0.15, -0.1) is 0 Å². The molecule has 0 spiro atoms. The molecule has 3 rings (SSSR count). The number of aromatic amines is 2. The molecular weight excluding hydrogens is 162 g/mol. The lowest BCUT2D eigenvalue weighted by atomic mass is 10.2. The zero-order valence-electron chi connectivity index (χ0n) is 6.33.